The van der Waals surface area contributed by atoms with Crippen molar-refractivity contribution in [3.05, 3.63) is 29.6 Å². The average Bonchev–Trinajstić information content (AvgIpc) is 2.36. The second-order valence-electron chi connectivity index (χ2n) is 5.40. The number of carbonyl (C=O) groups excluding carboxylic acids is 2. The Balaban J connectivity index is 2.46. The maximum atomic E-state index is 11.6. The first kappa shape index (κ1) is 16.6. The second-order valence-corrected chi connectivity index (χ2v) is 5.40. The van der Waals surface area contributed by atoms with E-state index < -0.39 is 23.3 Å². The number of urea groups is 1. The third-order valence-electron chi connectivity index (χ3n) is 3.01. The number of rotatable bonds is 5. The number of pyridine rings is 1. The summed E-state index contributed by atoms with van der Waals surface area (Å²) in [6.45, 7) is 4.97. The predicted octanol–water partition coefficient (Wildman–Crippen LogP) is 1.22. The smallest absolute Gasteiger partial charge is 0.321 e. The molecule has 0 saturated heterocycles. The van der Waals surface area contributed by atoms with Gasteiger partial charge in [-0.1, -0.05) is 0 Å². The van der Waals surface area contributed by atoms with E-state index in [2.05, 4.69) is 15.6 Å². The zero-order valence-electron chi connectivity index (χ0n) is 12.3. The molecular formula is C14H19N3O4. The zero-order chi connectivity index (χ0) is 16.0. The monoisotopic (exact) mass is 293 g/mol. The number of carboxylic acid groups (broad SMARTS) is 1. The molecule has 7 heteroatoms. The fraction of sp³-hybridized carbons (Fsp3) is 0.429. The van der Waals surface area contributed by atoms with Gasteiger partial charge in [-0.25, -0.2) is 4.79 Å². The molecular weight excluding hydrogens is 274 g/mol. The molecule has 0 saturated carbocycles. The van der Waals surface area contributed by atoms with E-state index in [-0.39, 0.29) is 13.0 Å². The number of aliphatic carboxylic acids is 1. The molecule has 0 aromatic carbocycles. The highest BCUT2D eigenvalue weighted by molar-refractivity contribution is 5.96. The molecule has 3 N–H and O–H groups in total. The van der Waals surface area contributed by atoms with E-state index >= 15 is 0 Å². The van der Waals surface area contributed by atoms with Gasteiger partial charge in [-0.05, 0) is 38.0 Å². The molecule has 1 heterocycles. The lowest BCUT2D eigenvalue weighted by atomic mass is 9.89. The van der Waals surface area contributed by atoms with Gasteiger partial charge >= 0.3 is 12.0 Å². The molecule has 0 spiro atoms. The molecule has 0 atom stereocenters. The average molecular weight is 293 g/mol. The van der Waals surface area contributed by atoms with Crippen molar-refractivity contribution < 1.29 is 19.5 Å². The molecule has 7 nitrogen and oxygen atoms in total. The van der Waals surface area contributed by atoms with Crippen LogP contribution in [0.15, 0.2) is 18.5 Å². The highest BCUT2D eigenvalue weighted by Crippen LogP contribution is 2.19. The van der Waals surface area contributed by atoms with E-state index in [1.54, 1.807) is 18.5 Å². The molecule has 114 valence electrons. The number of imide groups is 1. The summed E-state index contributed by atoms with van der Waals surface area (Å²) in [5.41, 5.74) is 0.598. The van der Waals surface area contributed by atoms with Crippen LogP contribution in [0, 0.1) is 12.3 Å². The van der Waals surface area contributed by atoms with Gasteiger partial charge in [0.25, 0.3) is 0 Å². The van der Waals surface area contributed by atoms with E-state index in [4.69, 9.17) is 5.11 Å². The van der Waals surface area contributed by atoms with E-state index in [1.807, 2.05) is 6.92 Å². The first-order valence-electron chi connectivity index (χ1n) is 6.43. The number of aromatic nitrogens is 1. The summed E-state index contributed by atoms with van der Waals surface area (Å²) >= 11 is 0. The fourth-order valence-corrected chi connectivity index (χ4v) is 1.57. The molecule has 1 rings (SSSR count). The Bertz CT molecular complexity index is 555. The molecule has 0 unspecified atom stereocenters. The minimum Gasteiger partial charge on any atom is -0.481 e. The van der Waals surface area contributed by atoms with E-state index in [0.717, 1.165) is 11.1 Å². The van der Waals surface area contributed by atoms with Crippen LogP contribution in [0.1, 0.15) is 31.4 Å². The minimum absolute atomic E-state index is 0.260. The van der Waals surface area contributed by atoms with Crippen LogP contribution < -0.4 is 10.6 Å². The third kappa shape index (κ3) is 5.21. The van der Waals surface area contributed by atoms with E-state index in [1.165, 1.54) is 13.8 Å². The van der Waals surface area contributed by atoms with Crippen molar-refractivity contribution in [2.75, 3.05) is 0 Å². The van der Waals surface area contributed by atoms with Crippen LogP contribution in [0.4, 0.5) is 4.79 Å². The highest BCUT2D eigenvalue weighted by atomic mass is 16.4. The largest absolute Gasteiger partial charge is 0.481 e. The van der Waals surface area contributed by atoms with Crippen LogP contribution in [0.5, 0.6) is 0 Å². The van der Waals surface area contributed by atoms with Gasteiger partial charge in [0.2, 0.25) is 5.91 Å². The minimum atomic E-state index is -1.22. The van der Waals surface area contributed by atoms with Crippen molar-refractivity contribution in [3.8, 4) is 0 Å². The molecule has 0 bridgehead atoms. The number of nitrogens with zero attached hydrogens (tertiary/aromatic N) is 1. The van der Waals surface area contributed by atoms with Crippen molar-refractivity contribution in [2.45, 2.75) is 33.7 Å². The fourth-order valence-electron chi connectivity index (χ4n) is 1.57. The molecule has 0 aliphatic carbocycles. The van der Waals surface area contributed by atoms with Crippen molar-refractivity contribution >= 4 is 17.9 Å². The first-order valence-corrected chi connectivity index (χ1v) is 6.43. The number of carbonyl (C=O) groups is 3. The van der Waals surface area contributed by atoms with Gasteiger partial charge in [0.15, 0.2) is 0 Å². The third-order valence-corrected chi connectivity index (χ3v) is 3.01. The van der Waals surface area contributed by atoms with Crippen molar-refractivity contribution in [1.29, 1.82) is 0 Å². The van der Waals surface area contributed by atoms with Crippen molar-refractivity contribution in [3.63, 3.8) is 0 Å². The summed E-state index contributed by atoms with van der Waals surface area (Å²) in [7, 11) is 0. The Kier molecular flexibility index (Phi) is 5.40. The lowest BCUT2D eigenvalue weighted by molar-refractivity contribution is -0.149. The number of hydrogen-bond acceptors (Lipinski definition) is 4. The predicted molar refractivity (Wildman–Crippen MR) is 75.4 cm³/mol. The van der Waals surface area contributed by atoms with Gasteiger partial charge < -0.3 is 10.4 Å². The standard InChI is InChI=1S/C14H19N3O4/c1-9-7-15-5-4-10(9)8-16-13(21)17-11(18)6-14(2,3)12(19)20/h4-5,7H,6,8H2,1-3H3,(H,19,20)(H2,16,17,18,21). The molecule has 21 heavy (non-hydrogen) atoms. The highest BCUT2D eigenvalue weighted by Gasteiger charge is 2.30. The van der Waals surface area contributed by atoms with Crippen LogP contribution in [0.2, 0.25) is 0 Å². The molecule has 0 aliphatic heterocycles. The molecule has 1 aromatic rings. The Morgan fingerprint density at radius 3 is 2.57 bits per heavy atom. The van der Waals surface area contributed by atoms with Gasteiger partial charge in [-0.3, -0.25) is 19.9 Å². The van der Waals surface area contributed by atoms with Crippen LogP contribution in [0.25, 0.3) is 0 Å². The van der Waals surface area contributed by atoms with Gasteiger partial charge in [-0.2, -0.15) is 0 Å². The molecule has 0 fully saturated rings. The second kappa shape index (κ2) is 6.83. The number of nitrogens with one attached hydrogen (secondary N) is 2. The number of hydrogen-bond donors (Lipinski definition) is 3. The summed E-state index contributed by atoms with van der Waals surface area (Å²) in [6, 6.07) is 1.11. The van der Waals surface area contributed by atoms with Gasteiger partial charge in [0.1, 0.15) is 0 Å². The normalized spacial score (nSPS) is 10.8. The van der Waals surface area contributed by atoms with E-state index in [0.29, 0.717) is 0 Å². The van der Waals surface area contributed by atoms with Crippen LogP contribution in [-0.2, 0) is 16.1 Å². The van der Waals surface area contributed by atoms with Crippen molar-refractivity contribution in [1.82, 2.24) is 15.6 Å². The molecule has 0 radical (unpaired) electrons. The Hall–Kier alpha value is -2.44. The summed E-state index contributed by atoms with van der Waals surface area (Å²) in [6.07, 6.45) is 3.02. The maximum Gasteiger partial charge on any atom is 0.321 e. The summed E-state index contributed by atoms with van der Waals surface area (Å²) in [4.78, 5) is 38.0. The Morgan fingerprint density at radius 2 is 2.00 bits per heavy atom. The summed E-state index contributed by atoms with van der Waals surface area (Å²) < 4.78 is 0. The van der Waals surface area contributed by atoms with Gasteiger partial charge in [-0.15, -0.1) is 0 Å². The molecule has 3 amide bonds. The van der Waals surface area contributed by atoms with Crippen LogP contribution in [-0.4, -0.2) is 28.0 Å². The van der Waals surface area contributed by atoms with Gasteiger partial charge in [0.05, 0.1) is 5.41 Å². The van der Waals surface area contributed by atoms with Gasteiger partial charge in [0, 0.05) is 25.4 Å². The Labute approximate surface area is 122 Å². The molecule has 1 aromatic heterocycles. The first-order chi connectivity index (χ1) is 9.72. The Morgan fingerprint density at radius 1 is 1.33 bits per heavy atom. The number of aryl methyl sites for hydroxylation is 1. The maximum absolute atomic E-state index is 11.6. The summed E-state index contributed by atoms with van der Waals surface area (Å²) in [5, 5.41) is 13.6. The lowest BCUT2D eigenvalue weighted by Crippen LogP contribution is -2.41. The number of carboxylic acids is 1. The lowest BCUT2D eigenvalue weighted by Gasteiger charge is -2.17. The summed E-state index contributed by atoms with van der Waals surface area (Å²) in [5.74, 6) is -1.73. The quantitative estimate of drug-likeness (QED) is 0.756. The number of amides is 3. The van der Waals surface area contributed by atoms with Crippen LogP contribution >= 0.6 is 0 Å². The van der Waals surface area contributed by atoms with E-state index in [9.17, 15) is 14.4 Å². The van der Waals surface area contributed by atoms with Crippen molar-refractivity contribution in [2.24, 2.45) is 5.41 Å². The topological polar surface area (TPSA) is 108 Å². The molecule has 0 aliphatic rings. The van der Waals surface area contributed by atoms with Crippen LogP contribution in [0.3, 0.4) is 0 Å². The SMILES string of the molecule is Cc1cnccc1CNC(=O)NC(=O)CC(C)(C)C(=O)O. The zero-order valence-corrected chi connectivity index (χ0v) is 12.3.